The number of nitrogens with zero attached hydrogens (tertiary/aromatic N) is 3. The molecule has 100 valence electrons. The molecule has 0 spiro atoms. The van der Waals surface area contributed by atoms with Crippen molar-refractivity contribution in [3.63, 3.8) is 0 Å². The molecule has 7 heteroatoms. The summed E-state index contributed by atoms with van der Waals surface area (Å²) in [5.41, 5.74) is 0.537. The van der Waals surface area contributed by atoms with Crippen LogP contribution in [-0.4, -0.2) is 9.91 Å². The third-order valence-electron chi connectivity index (χ3n) is 2.46. The first-order chi connectivity index (χ1) is 9.60. The summed E-state index contributed by atoms with van der Waals surface area (Å²) in [6, 6.07) is 8.17. The minimum Gasteiger partial charge on any atom is -0.486 e. The van der Waals surface area contributed by atoms with Crippen LogP contribution in [0, 0.1) is 27.3 Å². The molecule has 1 aromatic heterocycles. The lowest BCUT2D eigenvalue weighted by Gasteiger charge is -2.07. The van der Waals surface area contributed by atoms with Crippen molar-refractivity contribution < 1.29 is 14.1 Å². The molecule has 1 aromatic carbocycles. The number of non-ortho nitro benzene ring substituents is 1. The lowest BCUT2D eigenvalue weighted by Crippen LogP contribution is -1.99. The second-order valence-electron chi connectivity index (χ2n) is 3.82. The summed E-state index contributed by atoms with van der Waals surface area (Å²) < 4.78 is 18.8. The van der Waals surface area contributed by atoms with E-state index in [1.807, 2.05) is 6.07 Å². The van der Waals surface area contributed by atoms with Gasteiger partial charge in [-0.3, -0.25) is 10.1 Å². The van der Waals surface area contributed by atoms with Crippen molar-refractivity contribution in [1.29, 1.82) is 5.26 Å². The largest absolute Gasteiger partial charge is 0.486 e. The third kappa shape index (κ3) is 3.05. The number of hydrogen-bond acceptors (Lipinski definition) is 5. The van der Waals surface area contributed by atoms with Gasteiger partial charge in [0.15, 0.2) is 11.6 Å². The first kappa shape index (κ1) is 13.4. The molecule has 2 aromatic rings. The number of hydrogen-bond donors (Lipinski definition) is 0. The molecule has 0 radical (unpaired) electrons. The van der Waals surface area contributed by atoms with Crippen molar-refractivity contribution in [2.75, 3.05) is 0 Å². The van der Waals surface area contributed by atoms with Crippen molar-refractivity contribution >= 4 is 5.69 Å². The molecular formula is C13H8FN3O3. The number of nitriles is 1. The Hall–Kier alpha value is -3.01. The van der Waals surface area contributed by atoms with E-state index in [9.17, 15) is 14.5 Å². The second kappa shape index (κ2) is 5.75. The van der Waals surface area contributed by atoms with Gasteiger partial charge in [0.05, 0.1) is 11.0 Å². The molecule has 20 heavy (non-hydrogen) atoms. The summed E-state index contributed by atoms with van der Waals surface area (Å²) in [5, 5.41) is 19.2. The van der Waals surface area contributed by atoms with Crippen LogP contribution in [0.5, 0.6) is 5.75 Å². The molecule has 0 aliphatic rings. The maximum Gasteiger partial charge on any atom is 0.272 e. The van der Waals surface area contributed by atoms with E-state index >= 15 is 0 Å². The highest BCUT2D eigenvalue weighted by Gasteiger charge is 2.11. The van der Waals surface area contributed by atoms with Crippen molar-refractivity contribution in [2.45, 2.75) is 6.61 Å². The zero-order valence-electron chi connectivity index (χ0n) is 10.1. The zero-order chi connectivity index (χ0) is 14.5. The van der Waals surface area contributed by atoms with E-state index in [0.29, 0.717) is 5.56 Å². The molecule has 1 heterocycles. The summed E-state index contributed by atoms with van der Waals surface area (Å²) in [6.45, 7) is 0.0337. The van der Waals surface area contributed by atoms with Crippen molar-refractivity contribution in [3.8, 4) is 11.8 Å². The van der Waals surface area contributed by atoms with Gasteiger partial charge in [-0.15, -0.1) is 0 Å². The minimum atomic E-state index is -0.811. The molecular weight excluding hydrogens is 265 g/mol. The van der Waals surface area contributed by atoms with Gasteiger partial charge in [0.1, 0.15) is 18.4 Å². The third-order valence-corrected chi connectivity index (χ3v) is 2.46. The zero-order valence-corrected chi connectivity index (χ0v) is 10.1. The number of aromatic nitrogens is 1. The van der Waals surface area contributed by atoms with Gasteiger partial charge >= 0.3 is 0 Å². The summed E-state index contributed by atoms with van der Waals surface area (Å²) in [5.74, 6) is -0.903. The van der Waals surface area contributed by atoms with Crippen LogP contribution in [0.25, 0.3) is 0 Å². The van der Waals surface area contributed by atoms with Crippen LogP contribution in [0.15, 0.2) is 36.5 Å². The molecule has 6 nitrogen and oxygen atoms in total. The van der Waals surface area contributed by atoms with E-state index < -0.39 is 10.7 Å². The molecule has 0 amide bonds. The molecule has 0 unspecified atom stereocenters. The Balaban J connectivity index is 2.11. The smallest absolute Gasteiger partial charge is 0.272 e. The fourth-order valence-electron chi connectivity index (χ4n) is 1.51. The quantitative estimate of drug-likeness (QED) is 0.630. The van der Waals surface area contributed by atoms with Gasteiger partial charge in [-0.25, -0.2) is 9.37 Å². The Morgan fingerprint density at radius 1 is 1.40 bits per heavy atom. The average Bonchev–Trinajstić information content (AvgIpc) is 2.46. The van der Waals surface area contributed by atoms with Crippen LogP contribution in [0.2, 0.25) is 0 Å². The lowest BCUT2D eigenvalue weighted by molar-refractivity contribution is -0.385. The first-order valence-electron chi connectivity index (χ1n) is 5.52. The van der Waals surface area contributed by atoms with Gasteiger partial charge in [0, 0.05) is 12.3 Å². The molecule has 0 fully saturated rings. The maximum absolute atomic E-state index is 13.6. The van der Waals surface area contributed by atoms with E-state index in [1.54, 1.807) is 6.07 Å². The van der Waals surface area contributed by atoms with Crippen molar-refractivity contribution in [2.24, 2.45) is 0 Å². The van der Waals surface area contributed by atoms with E-state index in [1.165, 1.54) is 18.3 Å². The monoisotopic (exact) mass is 273 g/mol. The molecule has 2 rings (SSSR count). The molecule has 0 saturated heterocycles. The summed E-state index contributed by atoms with van der Waals surface area (Å²) in [4.78, 5) is 13.6. The average molecular weight is 273 g/mol. The Kier molecular flexibility index (Phi) is 3.86. The maximum atomic E-state index is 13.6. The van der Waals surface area contributed by atoms with E-state index in [0.717, 1.165) is 12.1 Å². The molecule has 0 saturated carbocycles. The van der Waals surface area contributed by atoms with Gasteiger partial charge in [-0.1, -0.05) is 0 Å². The highest BCUT2D eigenvalue weighted by atomic mass is 19.1. The SMILES string of the molecule is N#Cc1cc(COc2ccc([N+](=O)[O-])cc2F)ccn1. The number of ether oxygens (including phenoxy) is 1. The van der Waals surface area contributed by atoms with E-state index in [-0.39, 0.29) is 23.7 Å². The standard InChI is InChI=1S/C13H8FN3O3/c14-12-6-11(17(18)19)1-2-13(12)20-8-9-3-4-16-10(5-9)7-15/h1-6H,8H2. The van der Waals surface area contributed by atoms with E-state index in [4.69, 9.17) is 10.00 Å². The van der Waals surface area contributed by atoms with Crippen LogP contribution >= 0.6 is 0 Å². The number of nitro benzene ring substituents is 1. The van der Waals surface area contributed by atoms with Crippen molar-refractivity contribution in [3.05, 3.63) is 63.7 Å². The Morgan fingerprint density at radius 3 is 2.85 bits per heavy atom. The predicted octanol–water partition coefficient (Wildman–Crippen LogP) is 2.58. The molecule has 0 aliphatic carbocycles. The highest BCUT2D eigenvalue weighted by Crippen LogP contribution is 2.23. The Morgan fingerprint density at radius 2 is 2.20 bits per heavy atom. The summed E-state index contributed by atoms with van der Waals surface area (Å²) >= 11 is 0. The Labute approximate surface area is 113 Å². The van der Waals surface area contributed by atoms with Gasteiger partial charge in [0.2, 0.25) is 0 Å². The summed E-state index contributed by atoms with van der Waals surface area (Å²) in [6.07, 6.45) is 1.45. The van der Waals surface area contributed by atoms with Gasteiger partial charge in [-0.05, 0) is 23.8 Å². The van der Waals surface area contributed by atoms with Crippen LogP contribution in [0.1, 0.15) is 11.3 Å². The lowest BCUT2D eigenvalue weighted by atomic mass is 10.2. The molecule has 0 atom stereocenters. The van der Waals surface area contributed by atoms with Gasteiger partial charge in [-0.2, -0.15) is 5.26 Å². The molecule has 0 N–H and O–H groups in total. The van der Waals surface area contributed by atoms with Crippen LogP contribution < -0.4 is 4.74 Å². The minimum absolute atomic E-state index is 0.0337. The van der Waals surface area contributed by atoms with Crippen LogP contribution in [0.4, 0.5) is 10.1 Å². The Bertz CT molecular complexity index is 698. The predicted molar refractivity (Wildman–Crippen MR) is 66.3 cm³/mol. The first-order valence-corrected chi connectivity index (χ1v) is 5.52. The fourth-order valence-corrected chi connectivity index (χ4v) is 1.51. The molecule has 0 bridgehead atoms. The highest BCUT2D eigenvalue weighted by molar-refractivity contribution is 5.37. The van der Waals surface area contributed by atoms with Crippen LogP contribution in [-0.2, 0) is 6.61 Å². The van der Waals surface area contributed by atoms with Gasteiger partial charge < -0.3 is 4.74 Å². The number of halogens is 1. The van der Waals surface area contributed by atoms with Crippen molar-refractivity contribution in [1.82, 2.24) is 4.98 Å². The second-order valence-corrected chi connectivity index (χ2v) is 3.82. The molecule has 0 aliphatic heterocycles. The topological polar surface area (TPSA) is 89.0 Å². The summed E-state index contributed by atoms with van der Waals surface area (Å²) in [7, 11) is 0. The number of benzene rings is 1. The number of pyridine rings is 1. The number of nitro groups is 1. The number of rotatable bonds is 4. The van der Waals surface area contributed by atoms with Gasteiger partial charge in [0.25, 0.3) is 5.69 Å². The normalized spacial score (nSPS) is 9.80. The fraction of sp³-hybridized carbons (Fsp3) is 0.0769. The van der Waals surface area contributed by atoms with E-state index in [2.05, 4.69) is 4.98 Å². The van der Waals surface area contributed by atoms with Crippen LogP contribution in [0.3, 0.4) is 0 Å².